The molecule has 3 rings (SSSR count). The first-order valence-corrected chi connectivity index (χ1v) is 10.9. The Hall–Kier alpha value is -1.82. The third kappa shape index (κ3) is 6.66. The second-order valence-corrected chi connectivity index (χ2v) is 8.34. The molecule has 1 aromatic heterocycles. The molecule has 0 amide bonds. The van der Waals surface area contributed by atoms with E-state index in [-0.39, 0.29) is 12.0 Å². The molecule has 2 saturated carbocycles. The van der Waals surface area contributed by atoms with Crippen LogP contribution in [-0.2, 0) is 6.54 Å². The minimum Gasteiger partial charge on any atom is -0.477 e. The maximum Gasteiger partial charge on any atom is 0.213 e. The molecular weight excluding hydrogens is 352 g/mol. The lowest BCUT2D eigenvalue weighted by Gasteiger charge is -2.37. The standard InChI is InChI=1S/C22H36N4O2/c1-2-23-21(26-17-22(12-13-27)10-4-3-5-11-22)25-15-19-8-9-20(24-14-19)28-16-18-6-7-18/h8-9,14,18,27H,2-7,10-13,15-17H2,1H3,(H2,23,25,26). The number of aliphatic hydroxyl groups excluding tert-OH is 1. The normalized spacial score (nSPS) is 19.3. The second-order valence-electron chi connectivity index (χ2n) is 8.34. The molecule has 0 unspecified atom stereocenters. The molecule has 0 radical (unpaired) electrons. The summed E-state index contributed by atoms with van der Waals surface area (Å²) in [5, 5.41) is 16.4. The number of ether oxygens (including phenoxy) is 1. The van der Waals surface area contributed by atoms with Crippen LogP contribution >= 0.6 is 0 Å². The molecule has 3 N–H and O–H groups in total. The fourth-order valence-corrected chi connectivity index (χ4v) is 3.92. The van der Waals surface area contributed by atoms with Crippen LogP contribution in [0.3, 0.4) is 0 Å². The van der Waals surface area contributed by atoms with Gasteiger partial charge in [0.15, 0.2) is 5.96 Å². The summed E-state index contributed by atoms with van der Waals surface area (Å²) in [6.45, 7) is 5.40. The van der Waals surface area contributed by atoms with Crippen molar-refractivity contribution in [3.8, 4) is 5.88 Å². The van der Waals surface area contributed by atoms with Crippen LogP contribution in [0.25, 0.3) is 0 Å². The van der Waals surface area contributed by atoms with Crippen LogP contribution in [0.5, 0.6) is 5.88 Å². The Kier molecular flexibility index (Phi) is 7.95. The lowest BCUT2D eigenvalue weighted by molar-refractivity contribution is 0.131. The summed E-state index contributed by atoms with van der Waals surface area (Å²) in [6, 6.07) is 3.97. The second kappa shape index (κ2) is 10.6. The van der Waals surface area contributed by atoms with Crippen LogP contribution in [0.4, 0.5) is 0 Å². The number of rotatable bonds is 10. The van der Waals surface area contributed by atoms with Crippen molar-refractivity contribution in [2.24, 2.45) is 16.3 Å². The van der Waals surface area contributed by atoms with Gasteiger partial charge in [0.25, 0.3) is 0 Å². The first-order valence-electron chi connectivity index (χ1n) is 10.9. The fourth-order valence-electron chi connectivity index (χ4n) is 3.92. The maximum absolute atomic E-state index is 9.51. The van der Waals surface area contributed by atoms with Gasteiger partial charge in [-0.15, -0.1) is 0 Å². The van der Waals surface area contributed by atoms with Crippen molar-refractivity contribution in [3.63, 3.8) is 0 Å². The highest BCUT2D eigenvalue weighted by Gasteiger charge is 2.31. The van der Waals surface area contributed by atoms with Gasteiger partial charge in [-0.3, -0.25) is 0 Å². The van der Waals surface area contributed by atoms with Gasteiger partial charge in [-0.1, -0.05) is 25.3 Å². The molecule has 2 aliphatic carbocycles. The lowest BCUT2D eigenvalue weighted by Crippen LogP contribution is -2.44. The van der Waals surface area contributed by atoms with E-state index < -0.39 is 0 Å². The maximum atomic E-state index is 9.51. The number of guanidine groups is 1. The fraction of sp³-hybridized carbons (Fsp3) is 0.727. The van der Waals surface area contributed by atoms with Crippen LogP contribution in [0, 0.1) is 11.3 Å². The Bertz CT molecular complexity index is 602. The summed E-state index contributed by atoms with van der Waals surface area (Å²) in [5.74, 6) is 2.27. The van der Waals surface area contributed by atoms with E-state index in [1.165, 1.54) is 44.9 Å². The number of hydrogen-bond donors (Lipinski definition) is 3. The van der Waals surface area contributed by atoms with Crippen LogP contribution in [0.15, 0.2) is 23.3 Å². The summed E-state index contributed by atoms with van der Waals surface area (Å²) in [6.07, 6.45) is 11.5. The van der Waals surface area contributed by atoms with Gasteiger partial charge < -0.3 is 20.5 Å². The van der Waals surface area contributed by atoms with Gasteiger partial charge in [-0.05, 0) is 55.9 Å². The molecule has 1 heterocycles. The highest BCUT2D eigenvalue weighted by molar-refractivity contribution is 5.79. The molecule has 0 aliphatic heterocycles. The van der Waals surface area contributed by atoms with Crippen molar-refractivity contribution < 1.29 is 9.84 Å². The van der Waals surface area contributed by atoms with Crippen LogP contribution in [0.2, 0.25) is 0 Å². The van der Waals surface area contributed by atoms with Gasteiger partial charge >= 0.3 is 0 Å². The van der Waals surface area contributed by atoms with E-state index in [0.29, 0.717) is 12.4 Å². The van der Waals surface area contributed by atoms with Gasteiger partial charge in [0.1, 0.15) is 0 Å². The Labute approximate surface area is 169 Å². The SMILES string of the molecule is CCNC(=NCc1ccc(OCC2CC2)nc1)NCC1(CCO)CCCCC1. The summed E-state index contributed by atoms with van der Waals surface area (Å²) < 4.78 is 5.70. The zero-order valence-electron chi connectivity index (χ0n) is 17.3. The van der Waals surface area contributed by atoms with Crippen molar-refractivity contribution in [2.75, 3.05) is 26.3 Å². The number of pyridine rings is 1. The lowest BCUT2D eigenvalue weighted by atomic mass is 9.72. The summed E-state index contributed by atoms with van der Waals surface area (Å²) >= 11 is 0. The van der Waals surface area contributed by atoms with Crippen LogP contribution < -0.4 is 15.4 Å². The highest BCUT2D eigenvalue weighted by atomic mass is 16.5. The molecular formula is C22H36N4O2. The monoisotopic (exact) mass is 388 g/mol. The van der Waals surface area contributed by atoms with E-state index in [0.717, 1.165) is 43.6 Å². The molecule has 156 valence electrons. The quantitative estimate of drug-likeness (QED) is 0.424. The highest BCUT2D eigenvalue weighted by Crippen LogP contribution is 2.38. The Morgan fingerprint density at radius 2 is 2.07 bits per heavy atom. The van der Waals surface area contributed by atoms with E-state index in [1.807, 2.05) is 18.3 Å². The first kappa shape index (κ1) is 20.9. The van der Waals surface area contributed by atoms with Crippen molar-refractivity contribution in [1.82, 2.24) is 15.6 Å². The van der Waals surface area contributed by atoms with Crippen molar-refractivity contribution in [1.29, 1.82) is 0 Å². The molecule has 6 heteroatoms. The Balaban J connectivity index is 1.52. The molecule has 0 spiro atoms. The van der Waals surface area contributed by atoms with E-state index >= 15 is 0 Å². The number of aliphatic hydroxyl groups is 1. The zero-order chi connectivity index (χ0) is 19.7. The number of nitrogens with one attached hydrogen (secondary N) is 2. The third-order valence-electron chi connectivity index (χ3n) is 5.91. The minimum absolute atomic E-state index is 0.200. The van der Waals surface area contributed by atoms with Gasteiger partial charge in [0.05, 0.1) is 13.2 Å². The summed E-state index contributed by atoms with van der Waals surface area (Å²) in [7, 11) is 0. The molecule has 2 aliphatic rings. The number of hydrogen-bond acceptors (Lipinski definition) is 4. The van der Waals surface area contributed by atoms with E-state index in [2.05, 4.69) is 22.5 Å². The molecule has 0 atom stereocenters. The van der Waals surface area contributed by atoms with E-state index in [4.69, 9.17) is 9.73 Å². The smallest absolute Gasteiger partial charge is 0.213 e. The first-order chi connectivity index (χ1) is 13.7. The minimum atomic E-state index is 0.200. The average Bonchev–Trinajstić information content (AvgIpc) is 3.55. The van der Waals surface area contributed by atoms with Crippen LogP contribution in [-0.4, -0.2) is 42.4 Å². The van der Waals surface area contributed by atoms with Gasteiger partial charge in [-0.2, -0.15) is 0 Å². The topological polar surface area (TPSA) is 78.8 Å². The molecule has 2 fully saturated rings. The molecule has 1 aromatic rings. The van der Waals surface area contributed by atoms with Gasteiger partial charge in [-0.25, -0.2) is 9.98 Å². The number of nitrogens with zero attached hydrogens (tertiary/aromatic N) is 2. The molecule has 0 saturated heterocycles. The Morgan fingerprint density at radius 3 is 2.71 bits per heavy atom. The summed E-state index contributed by atoms with van der Waals surface area (Å²) in [4.78, 5) is 9.12. The average molecular weight is 389 g/mol. The molecule has 0 bridgehead atoms. The third-order valence-corrected chi connectivity index (χ3v) is 5.91. The predicted molar refractivity (Wildman–Crippen MR) is 112 cm³/mol. The largest absolute Gasteiger partial charge is 0.477 e. The summed E-state index contributed by atoms with van der Waals surface area (Å²) in [5.41, 5.74) is 1.27. The van der Waals surface area contributed by atoms with Crippen molar-refractivity contribution >= 4 is 5.96 Å². The zero-order valence-corrected chi connectivity index (χ0v) is 17.3. The molecule has 6 nitrogen and oxygen atoms in total. The van der Waals surface area contributed by atoms with Gasteiger partial charge in [0.2, 0.25) is 5.88 Å². The molecule has 0 aromatic carbocycles. The van der Waals surface area contributed by atoms with Gasteiger partial charge in [0, 0.05) is 32.0 Å². The predicted octanol–water partition coefficient (Wildman–Crippen LogP) is 3.26. The van der Waals surface area contributed by atoms with Crippen LogP contribution in [0.1, 0.15) is 63.9 Å². The number of aromatic nitrogens is 1. The van der Waals surface area contributed by atoms with E-state index in [9.17, 15) is 5.11 Å². The molecule has 28 heavy (non-hydrogen) atoms. The number of aliphatic imine (C=N–C) groups is 1. The Morgan fingerprint density at radius 1 is 1.25 bits per heavy atom. The van der Waals surface area contributed by atoms with Crippen molar-refractivity contribution in [3.05, 3.63) is 23.9 Å². The van der Waals surface area contributed by atoms with E-state index in [1.54, 1.807) is 0 Å². The van der Waals surface area contributed by atoms with Crippen molar-refractivity contribution in [2.45, 2.75) is 64.8 Å².